The summed E-state index contributed by atoms with van der Waals surface area (Å²) in [7, 11) is 0. The smallest absolute Gasteiger partial charge is 0.421 e. The summed E-state index contributed by atoms with van der Waals surface area (Å²) in [5.74, 6) is -0.348. The van der Waals surface area contributed by atoms with Gasteiger partial charge in [-0.2, -0.15) is 13.2 Å². The molecule has 1 heterocycles. The molecule has 0 amide bonds. The summed E-state index contributed by atoms with van der Waals surface area (Å²) >= 11 is 0. The third-order valence-electron chi connectivity index (χ3n) is 2.78. The average molecular weight is 246 g/mol. The molecule has 1 saturated carbocycles. The maximum absolute atomic E-state index is 12.7. The highest BCUT2D eigenvalue weighted by molar-refractivity contribution is 5.28. The van der Waals surface area contributed by atoms with E-state index in [9.17, 15) is 13.2 Å². The van der Waals surface area contributed by atoms with Gasteiger partial charge in [-0.05, 0) is 31.4 Å². The number of nitrogens with two attached hydrogens (primary N) is 1. The van der Waals surface area contributed by atoms with Crippen LogP contribution in [0.25, 0.3) is 0 Å². The molecule has 0 spiro atoms. The summed E-state index contributed by atoms with van der Waals surface area (Å²) in [6.45, 7) is 0. The second-order valence-electron chi connectivity index (χ2n) is 4.17. The van der Waals surface area contributed by atoms with E-state index in [2.05, 4.69) is 4.98 Å². The lowest BCUT2D eigenvalue weighted by Crippen LogP contribution is -2.20. The number of pyridine rings is 1. The topological polar surface area (TPSA) is 48.1 Å². The van der Waals surface area contributed by atoms with E-state index in [1.807, 2.05) is 0 Å². The summed E-state index contributed by atoms with van der Waals surface area (Å²) in [5.41, 5.74) is 4.85. The maximum atomic E-state index is 12.7. The number of nitrogens with zero attached hydrogens (tertiary/aromatic N) is 1. The van der Waals surface area contributed by atoms with Crippen LogP contribution in [0.15, 0.2) is 18.3 Å². The van der Waals surface area contributed by atoms with Crippen LogP contribution in [-0.2, 0) is 6.18 Å². The molecule has 1 aliphatic carbocycles. The molecule has 0 aliphatic heterocycles. The first-order valence-corrected chi connectivity index (χ1v) is 5.41. The molecule has 0 radical (unpaired) electrons. The Morgan fingerprint density at radius 1 is 1.35 bits per heavy atom. The quantitative estimate of drug-likeness (QED) is 0.871. The monoisotopic (exact) mass is 246 g/mol. The number of halogens is 3. The Morgan fingerprint density at radius 2 is 2.12 bits per heavy atom. The molecule has 6 heteroatoms. The highest BCUT2D eigenvalue weighted by atomic mass is 19.4. The molecule has 0 bridgehead atoms. The molecule has 2 unspecified atom stereocenters. The van der Waals surface area contributed by atoms with Gasteiger partial charge in [0.1, 0.15) is 11.7 Å². The normalized spacial score (nSPS) is 24.9. The molecule has 3 nitrogen and oxygen atoms in total. The zero-order valence-electron chi connectivity index (χ0n) is 9.07. The summed E-state index contributed by atoms with van der Waals surface area (Å²) in [6, 6.07) is 2.23. The number of alkyl halides is 3. The zero-order chi connectivity index (χ0) is 12.5. The van der Waals surface area contributed by atoms with E-state index in [0.29, 0.717) is 12.8 Å². The lowest BCUT2D eigenvalue weighted by atomic mass is 10.2. The fourth-order valence-corrected chi connectivity index (χ4v) is 1.94. The lowest BCUT2D eigenvalue weighted by Gasteiger charge is -2.16. The molecule has 2 atom stereocenters. The molecule has 1 fully saturated rings. The van der Waals surface area contributed by atoms with E-state index in [1.165, 1.54) is 12.3 Å². The van der Waals surface area contributed by atoms with Gasteiger partial charge in [0.2, 0.25) is 5.88 Å². The molecule has 17 heavy (non-hydrogen) atoms. The van der Waals surface area contributed by atoms with Gasteiger partial charge in [0.05, 0.1) is 0 Å². The predicted molar refractivity (Wildman–Crippen MR) is 55.5 cm³/mol. The van der Waals surface area contributed by atoms with Crippen LogP contribution in [0.3, 0.4) is 0 Å². The number of hydrogen-bond donors (Lipinski definition) is 1. The van der Waals surface area contributed by atoms with Crippen LogP contribution in [-0.4, -0.2) is 17.1 Å². The molecule has 1 aromatic rings. The molecule has 2 N–H and O–H groups in total. The van der Waals surface area contributed by atoms with Crippen LogP contribution in [0.5, 0.6) is 5.88 Å². The largest absolute Gasteiger partial charge is 0.474 e. The molecule has 94 valence electrons. The Hall–Kier alpha value is -1.30. The zero-order valence-corrected chi connectivity index (χ0v) is 9.07. The third kappa shape index (κ3) is 2.88. The molecule has 0 aromatic carbocycles. The van der Waals surface area contributed by atoms with Gasteiger partial charge in [-0.15, -0.1) is 0 Å². The Bertz CT molecular complexity index is 395. The van der Waals surface area contributed by atoms with Crippen molar-refractivity contribution in [1.29, 1.82) is 0 Å². The minimum atomic E-state index is -4.44. The van der Waals surface area contributed by atoms with Gasteiger partial charge < -0.3 is 10.5 Å². The molecule has 1 aromatic heterocycles. The second-order valence-corrected chi connectivity index (χ2v) is 4.17. The minimum Gasteiger partial charge on any atom is -0.474 e. The summed E-state index contributed by atoms with van der Waals surface area (Å²) in [4.78, 5) is 3.65. The van der Waals surface area contributed by atoms with Gasteiger partial charge in [0.25, 0.3) is 0 Å². The Kier molecular flexibility index (Phi) is 3.24. The highest BCUT2D eigenvalue weighted by Crippen LogP contribution is 2.36. The lowest BCUT2D eigenvalue weighted by molar-refractivity contribution is -0.139. The van der Waals surface area contributed by atoms with Crippen molar-refractivity contribution in [2.24, 2.45) is 5.73 Å². The van der Waals surface area contributed by atoms with E-state index in [-0.39, 0.29) is 18.0 Å². The van der Waals surface area contributed by atoms with Gasteiger partial charge in [0, 0.05) is 12.2 Å². The van der Waals surface area contributed by atoms with Crippen LogP contribution in [0, 0.1) is 0 Å². The Labute approximate surface area is 96.8 Å². The van der Waals surface area contributed by atoms with Crippen LogP contribution >= 0.6 is 0 Å². The van der Waals surface area contributed by atoms with Crippen LogP contribution in [0.2, 0.25) is 0 Å². The van der Waals surface area contributed by atoms with Crippen molar-refractivity contribution in [3.63, 3.8) is 0 Å². The Balaban J connectivity index is 2.15. The number of rotatable bonds is 2. The molecular formula is C11H13F3N2O. The first-order chi connectivity index (χ1) is 7.97. The summed E-state index contributed by atoms with van der Waals surface area (Å²) in [5, 5.41) is 0. The molecular weight excluding hydrogens is 233 g/mol. The predicted octanol–water partition coefficient (Wildman–Crippen LogP) is 2.36. The van der Waals surface area contributed by atoms with E-state index in [4.69, 9.17) is 10.5 Å². The molecule has 2 rings (SSSR count). The SMILES string of the molecule is NC1CCC(Oc2ncccc2C(F)(F)F)C1. The van der Waals surface area contributed by atoms with Gasteiger partial charge in [-0.3, -0.25) is 0 Å². The van der Waals surface area contributed by atoms with Crippen molar-refractivity contribution in [3.8, 4) is 5.88 Å². The van der Waals surface area contributed by atoms with E-state index < -0.39 is 11.7 Å². The van der Waals surface area contributed by atoms with Crippen molar-refractivity contribution in [2.45, 2.75) is 37.6 Å². The van der Waals surface area contributed by atoms with E-state index >= 15 is 0 Å². The van der Waals surface area contributed by atoms with Crippen molar-refractivity contribution in [1.82, 2.24) is 4.98 Å². The first kappa shape index (κ1) is 12.2. The number of aromatic nitrogens is 1. The summed E-state index contributed by atoms with van der Waals surface area (Å²) in [6.07, 6.45) is -1.38. The van der Waals surface area contributed by atoms with Crippen LogP contribution < -0.4 is 10.5 Å². The summed E-state index contributed by atoms with van der Waals surface area (Å²) < 4.78 is 43.3. The van der Waals surface area contributed by atoms with Gasteiger partial charge in [0.15, 0.2) is 0 Å². The third-order valence-corrected chi connectivity index (χ3v) is 2.78. The van der Waals surface area contributed by atoms with Gasteiger partial charge in [-0.1, -0.05) is 0 Å². The minimum absolute atomic E-state index is 0.0121. The standard InChI is InChI=1S/C11H13F3N2O/c12-11(13,14)9-2-1-5-16-10(9)17-8-4-3-7(15)6-8/h1-2,5,7-8H,3-4,6,15H2. The molecule has 1 aliphatic rings. The average Bonchev–Trinajstić information content (AvgIpc) is 2.63. The first-order valence-electron chi connectivity index (χ1n) is 5.41. The molecule has 0 saturated heterocycles. The van der Waals surface area contributed by atoms with Crippen molar-refractivity contribution in [3.05, 3.63) is 23.9 Å². The van der Waals surface area contributed by atoms with Crippen molar-refractivity contribution >= 4 is 0 Å². The van der Waals surface area contributed by atoms with Crippen LogP contribution in [0.1, 0.15) is 24.8 Å². The highest BCUT2D eigenvalue weighted by Gasteiger charge is 2.36. The Morgan fingerprint density at radius 3 is 2.71 bits per heavy atom. The second kappa shape index (κ2) is 4.52. The fourth-order valence-electron chi connectivity index (χ4n) is 1.94. The van der Waals surface area contributed by atoms with Crippen LogP contribution in [0.4, 0.5) is 13.2 Å². The van der Waals surface area contributed by atoms with E-state index in [1.54, 1.807) is 0 Å². The fraction of sp³-hybridized carbons (Fsp3) is 0.545. The number of ether oxygens (including phenoxy) is 1. The van der Waals surface area contributed by atoms with Crippen molar-refractivity contribution in [2.75, 3.05) is 0 Å². The maximum Gasteiger partial charge on any atom is 0.421 e. The number of hydrogen-bond acceptors (Lipinski definition) is 3. The van der Waals surface area contributed by atoms with Gasteiger partial charge >= 0.3 is 6.18 Å². The van der Waals surface area contributed by atoms with E-state index in [0.717, 1.165) is 12.5 Å². The van der Waals surface area contributed by atoms with Gasteiger partial charge in [-0.25, -0.2) is 4.98 Å². The van der Waals surface area contributed by atoms with Crippen molar-refractivity contribution < 1.29 is 17.9 Å².